The average molecular weight is 356 g/mol. The van der Waals surface area contributed by atoms with Crippen molar-refractivity contribution in [2.24, 2.45) is 13.0 Å². The number of nitrogens with one attached hydrogen (secondary N) is 1. The molecule has 26 heavy (non-hydrogen) atoms. The lowest BCUT2D eigenvalue weighted by molar-refractivity contribution is -0.129. The first-order valence-electron chi connectivity index (χ1n) is 9.81. The molecule has 1 saturated carbocycles. The SMILES string of the molecule is Cc1c([C@@H]2[C@@H](C(=O)NCC3=CCCCC3)CC(=O)N2C2CC2)cnn1C. The van der Waals surface area contributed by atoms with Gasteiger partial charge < -0.3 is 10.2 Å². The highest BCUT2D eigenvalue weighted by molar-refractivity contribution is 5.91. The zero-order valence-corrected chi connectivity index (χ0v) is 15.7. The fourth-order valence-electron chi connectivity index (χ4n) is 4.34. The summed E-state index contributed by atoms with van der Waals surface area (Å²) >= 11 is 0. The van der Waals surface area contributed by atoms with E-state index in [0.29, 0.717) is 19.0 Å². The third-order valence-corrected chi connectivity index (χ3v) is 6.11. The quantitative estimate of drug-likeness (QED) is 0.824. The predicted molar refractivity (Wildman–Crippen MR) is 98.2 cm³/mol. The number of amides is 2. The second kappa shape index (κ2) is 6.89. The van der Waals surface area contributed by atoms with E-state index in [2.05, 4.69) is 16.5 Å². The largest absolute Gasteiger partial charge is 0.352 e. The summed E-state index contributed by atoms with van der Waals surface area (Å²) in [5.74, 6) is -0.214. The molecule has 1 aromatic rings. The zero-order valence-electron chi connectivity index (χ0n) is 15.7. The number of allylic oxidation sites excluding steroid dienone is 1. The highest BCUT2D eigenvalue weighted by atomic mass is 16.2. The second-order valence-corrected chi connectivity index (χ2v) is 7.92. The molecule has 2 heterocycles. The van der Waals surface area contributed by atoms with Crippen LogP contribution in [0.2, 0.25) is 0 Å². The van der Waals surface area contributed by atoms with Crippen LogP contribution < -0.4 is 5.32 Å². The summed E-state index contributed by atoms with van der Waals surface area (Å²) in [6, 6.07) is 0.120. The maximum atomic E-state index is 13.0. The number of rotatable bonds is 5. The first-order valence-corrected chi connectivity index (χ1v) is 9.81. The van der Waals surface area contributed by atoms with E-state index < -0.39 is 0 Å². The number of hydrogen-bond acceptors (Lipinski definition) is 3. The molecule has 1 N–H and O–H groups in total. The van der Waals surface area contributed by atoms with Crippen molar-refractivity contribution in [3.63, 3.8) is 0 Å². The van der Waals surface area contributed by atoms with Crippen LogP contribution in [0.15, 0.2) is 17.8 Å². The molecule has 0 spiro atoms. The van der Waals surface area contributed by atoms with Crippen molar-refractivity contribution in [3.05, 3.63) is 29.1 Å². The monoisotopic (exact) mass is 356 g/mol. The summed E-state index contributed by atoms with van der Waals surface area (Å²) < 4.78 is 1.82. The number of carbonyl (C=O) groups excluding carboxylic acids is 2. The fraction of sp³-hybridized carbons (Fsp3) is 0.650. The maximum Gasteiger partial charge on any atom is 0.226 e. The lowest BCUT2D eigenvalue weighted by Crippen LogP contribution is -2.37. The summed E-state index contributed by atoms with van der Waals surface area (Å²) in [5.41, 5.74) is 3.37. The Labute approximate surface area is 154 Å². The van der Waals surface area contributed by atoms with Crippen molar-refractivity contribution < 1.29 is 9.59 Å². The van der Waals surface area contributed by atoms with Gasteiger partial charge in [0.05, 0.1) is 18.2 Å². The van der Waals surface area contributed by atoms with Crippen molar-refractivity contribution in [1.82, 2.24) is 20.0 Å². The van der Waals surface area contributed by atoms with Gasteiger partial charge in [0.15, 0.2) is 0 Å². The van der Waals surface area contributed by atoms with Crippen LogP contribution in [0.4, 0.5) is 0 Å². The standard InChI is InChI=1S/C20H28N4O2/c1-13-17(12-22-23(13)2)19-16(10-18(25)24(19)15-8-9-15)20(26)21-11-14-6-4-3-5-7-14/h6,12,15-16,19H,3-5,7-11H2,1-2H3,(H,21,26)/t16-,19-/m0/s1. The second-order valence-electron chi connectivity index (χ2n) is 7.92. The van der Waals surface area contributed by atoms with Crippen molar-refractivity contribution in [2.45, 2.75) is 64.0 Å². The molecule has 0 radical (unpaired) electrons. The van der Waals surface area contributed by atoms with Crippen molar-refractivity contribution in [1.29, 1.82) is 0 Å². The van der Waals surface area contributed by atoms with E-state index in [4.69, 9.17) is 0 Å². The van der Waals surface area contributed by atoms with Gasteiger partial charge in [-0.2, -0.15) is 5.10 Å². The van der Waals surface area contributed by atoms with E-state index in [0.717, 1.165) is 36.9 Å². The smallest absolute Gasteiger partial charge is 0.226 e. The lowest BCUT2D eigenvalue weighted by Gasteiger charge is -2.28. The van der Waals surface area contributed by atoms with Crippen LogP contribution in [0.5, 0.6) is 0 Å². The summed E-state index contributed by atoms with van der Waals surface area (Å²) in [7, 11) is 1.90. The highest BCUT2D eigenvalue weighted by Gasteiger charge is 2.50. The highest BCUT2D eigenvalue weighted by Crippen LogP contribution is 2.45. The Morgan fingerprint density at radius 3 is 2.77 bits per heavy atom. The normalized spacial score (nSPS) is 26.2. The Balaban J connectivity index is 1.54. The number of nitrogens with zero attached hydrogens (tertiary/aromatic N) is 3. The van der Waals surface area contributed by atoms with Crippen LogP contribution in [-0.4, -0.2) is 39.1 Å². The zero-order chi connectivity index (χ0) is 18.3. The van der Waals surface area contributed by atoms with Gasteiger partial charge in [0.25, 0.3) is 0 Å². The molecule has 2 aliphatic carbocycles. The molecule has 4 rings (SSSR count). The van der Waals surface area contributed by atoms with Crippen LogP contribution in [0.3, 0.4) is 0 Å². The summed E-state index contributed by atoms with van der Waals surface area (Å²) in [6.07, 6.45) is 11.1. The number of aryl methyl sites for hydroxylation is 1. The molecule has 1 aliphatic heterocycles. The van der Waals surface area contributed by atoms with Crippen LogP contribution in [0.1, 0.15) is 62.2 Å². The molecular weight excluding hydrogens is 328 g/mol. The van der Waals surface area contributed by atoms with Gasteiger partial charge in [-0.05, 0) is 45.4 Å². The summed E-state index contributed by atoms with van der Waals surface area (Å²) in [6.45, 7) is 2.63. The van der Waals surface area contributed by atoms with E-state index in [1.54, 1.807) is 0 Å². The van der Waals surface area contributed by atoms with Gasteiger partial charge in [0, 0.05) is 37.3 Å². The third-order valence-electron chi connectivity index (χ3n) is 6.11. The van der Waals surface area contributed by atoms with E-state index in [-0.39, 0.29) is 23.8 Å². The first kappa shape index (κ1) is 17.3. The Bertz CT molecular complexity index is 747. The van der Waals surface area contributed by atoms with Crippen LogP contribution in [-0.2, 0) is 16.6 Å². The van der Waals surface area contributed by atoms with E-state index in [9.17, 15) is 9.59 Å². The minimum absolute atomic E-state index is 0.00114. The molecule has 140 valence electrons. The Kier molecular flexibility index (Phi) is 4.59. The minimum atomic E-state index is -0.324. The van der Waals surface area contributed by atoms with Gasteiger partial charge in [-0.1, -0.05) is 11.6 Å². The van der Waals surface area contributed by atoms with Crippen LogP contribution >= 0.6 is 0 Å². The third kappa shape index (κ3) is 3.17. The van der Waals surface area contributed by atoms with Crippen LogP contribution in [0.25, 0.3) is 0 Å². The van der Waals surface area contributed by atoms with Gasteiger partial charge in [0.2, 0.25) is 11.8 Å². The molecule has 1 saturated heterocycles. The molecular formula is C20H28N4O2. The van der Waals surface area contributed by atoms with Crippen molar-refractivity contribution in [2.75, 3.05) is 6.54 Å². The molecule has 6 heteroatoms. The van der Waals surface area contributed by atoms with Gasteiger partial charge in [-0.15, -0.1) is 0 Å². The van der Waals surface area contributed by atoms with Gasteiger partial charge in [-0.3, -0.25) is 14.3 Å². The molecule has 6 nitrogen and oxygen atoms in total. The molecule has 0 aromatic carbocycles. The molecule has 0 unspecified atom stereocenters. The predicted octanol–water partition coefficient (Wildman–Crippen LogP) is 2.40. The summed E-state index contributed by atoms with van der Waals surface area (Å²) in [5, 5.41) is 7.46. The topological polar surface area (TPSA) is 67.2 Å². The van der Waals surface area contributed by atoms with Gasteiger partial charge in [0.1, 0.15) is 0 Å². The Morgan fingerprint density at radius 1 is 1.35 bits per heavy atom. The molecule has 1 aromatic heterocycles. The van der Waals surface area contributed by atoms with Crippen LogP contribution in [0, 0.1) is 12.8 Å². The number of likely N-dealkylation sites (tertiary alicyclic amines) is 1. The van der Waals surface area contributed by atoms with E-state index in [1.165, 1.54) is 18.4 Å². The molecule has 3 aliphatic rings. The van der Waals surface area contributed by atoms with E-state index in [1.807, 2.05) is 29.7 Å². The molecule has 0 bridgehead atoms. The molecule has 2 fully saturated rings. The Morgan fingerprint density at radius 2 is 2.15 bits per heavy atom. The summed E-state index contributed by atoms with van der Waals surface area (Å²) in [4.78, 5) is 27.6. The van der Waals surface area contributed by atoms with Crippen molar-refractivity contribution in [3.8, 4) is 0 Å². The number of aromatic nitrogens is 2. The number of hydrogen-bond donors (Lipinski definition) is 1. The Hall–Kier alpha value is -2.11. The van der Waals surface area contributed by atoms with Gasteiger partial charge in [-0.25, -0.2) is 0 Å². The van der Waals surface area contributed by atoms with E-state index >= 15 is 0 Å². The number of carbonyl (C=O) groups is 2. The molecule has 2 atom stereocenters. The minimum Gasteiger partial charge on any atom is -0.352 e. The van der Waals surface area contributed by atoms with Gasteiger partial charge >= 0.3 is 0 Å². The lowest BCUT2D eigenvalue weighted by atomic mass is 9.92. The maximum absolute atomic E-state index is 13.0. The fourth-order valence-corrected chi connectivity index (χ4v) is 4.34. The molecule has 2 amide bonds. The first-order chi connectivity index (χ1) is 12.6. The van der Waals surface area contributed by atoms with Crippen molar-refractivity contribution >= 4 is 11.8 Å². The average Bonchev–Trinajstić information content (AvgIpc) is 3.35.